The SMILES string of the molecule is Cc1cc(C)cc(C(=O)C=CC2CCC(=O)C2CCCCCCC(=O)O)c1. The maximum atomic E-state index is 12.5. The Morgan fingerprint density at radius 1 is 1.07 bits per heavy atom. The van der Waals surface area contributed by atoms with Gasteiger partial charge in [-0.05, 0) is 57.2 Å². The van der Waals surface area contributed by atoms with Crippen molar-refractivity contribution in [2.45, 2.75) is 65.2 Å². The molecule has 1 aromatic carbocycles. The molecule has 2 atom stereocenters. The lowest BCUT2D eigenvalue weighted by molar-refractivity contribution is -0.137. The average molecular weight is 370 g/mol. The molecule has 0 spiro atoms. The van der Waals surface area contributed by atoms with Crippen molar-refractivity contribution < 1.29 is 19.5 Å². The van der Waals surface area contributed by atoms with Crippen LogP contribution >= 0.6 is 0 Å². The fourth-order valence-corrected chi connectivity index (χ4v) is 3.96. The molecule has 1 N–H and O–H groups in total. The fourth-order valence-electron chi connectivity index (χ4n) is 3.96. The summed E-state index contributed by atoms with van der Waals surface area (Å²) in [4.78, 5) is 35.2. The molecule has 2 rings (SSSR count). The monoisotopic (exact) mass is 370 g/mol. The zero-order valence-electron chi connectivity index (χ0n) is 16.4. The number of Topliss-reactive ketones (excluding diaryl/α,β-unsaturated/α-hetero) is 1. The van der Waals surface area contributed by atoms with Crippen LogP contribution in [0.5, 0.6) is 0 Å². The second kappa shape index (κ2) is 10.2. The molecule has 1 saturated carbocycles. The Morgan fingerprint density at radius 3 is 2.41 bits per heavy atom. The van der Waals surface area contributed by atoms with E-state index in [-0.39, 0.29) is 24.0 Å². The summed E-state index contributed by atoms with van der Waals surface area (Å²) in [6.07, 6.45) is 9.50. The van der Waals surface area contributed by atoms with E-state index in [4.69, 9.17) is 5.11 Å². The van der Waals surface area contributed by atoms with Gasteiger partial charge < -0.3 is 5.11 Å². The van der Waals surface area contributed by atoms with Gasteiger partial charge in [-0.2, -0.15) is 0 Å². The molecule has 1 aliphatic carbocycles. The predicted molar refractivity (Wildman–Crippen MR) is 106 cm³/mol. The average Bonchev–Trinajstić information content (AvgIpc) is 2.94. The highest BCUT2D eigenvalue weighted by molar-refractivity contribution is 6.04. The van der Waals surface area contributed by atoms with E-state index in [1.54, 1.807) is 6.08 Å². The van der Waals surface area contributed by atoms with Crippen LogP contribution in [0.2, 0.25) is 0 Å². The number of aryl methyl sites for hydroxylation is 2. The Kier molecular flexibility index (Phi) is 7.96. The molecular formula is C23H30O4. The first-order valence-corrected chi connectivity index (χ1v) is 9.92. The van der Waals surface area contributed by atoms with E-state index in [9.17, 15) is 14.4 Å². The van der Waals surface area contributed by atoms with Crippen LogP contribution < -0.4 is 0 Å². The number of hydrogen-bond donors (Lipinski definition) is 1. The first-order valence-electron chi connectivity index (χ1n) is 9.92. The Morgan fingerprint density at radius 2 is 1.74 bits per heavy atom. The zero-order valence-corrected chi connectivity index (χ0v) is 16.4. The van der Waals surface area contributed by atoms with Crippen LogP contribution in [-0.4, -0.2) is 22.6 Å². The lowest BCUT2D eigenvalue weighted by atomic mass is 9.89. The Bertz CT molecular complexity index is 697. The quantitative estimate of drug-likeness (QED) is 0.355. The number of carbonyl (C=O) groups is 3. The molecule has 0 aromatic heterocycles. The van der Waals surface area contributed by atoms with Crippen molar-refractivity contribution >= 4 is 17.5 Å². The number of allylic oxidation sites excluding steroid dienone is 2. The summed E-state index contributed by atoms with van der Waals surface area (Å²) in [7, 11) is 0. The van der Waals surface area contributed by atoms with E-state index >= 15 is 0 Å². The molecule has 1 aromatic rings. The van der Waals surface area contributed by atoms with Gasteiger partial charge in [0.2, 0.25) is 0 Å². The number of ketones is 2. The molecule has 1 aliphatic rings. The van der Waals surface area contributed by atoms with Crippen LogP contribution in [0.4, 0.5) is 0 Å². The summed E-state index contributed by atoms with van der Waals surface area (Å²) in [6.45, 7) is 3.96. The number of rotatable bonds is 10. The largest absolute Gasteiger partial charge is 0.481 e. The minimum atomic E-state index is -0.750. The van der Waals surface area contributed by atoms with Gasteiger partial charge in [-0.3, -0.25) is 14.4 Å². The van der Waals surface area contributed by atoms with E-state index in [1.807, 2.05) is 38.1 Å². The third kappa shape index (κ3) is 6.78. The first-order chi connectivity index (χ1) is 12.9. The van der Waals surface area contributed by atoms with Crippen LogP contribution in [0.1, 0.15) is 72.9 Å². The molecule has 0 radical (unpaired) electrons. The second-order valence-electron chi connectivity index (χ2n) is 7.72. The molecule has 146 valence electrons. The summed E-state index contributed by atoms with van der Waals surface area (Å²) in [5.41, 5.74) is 2.84. The minimum Gasteiger partial charge on any atom is -0.481 e. The van der Waals surface area contributed by atoms with Gasteiger partial charge in [0.05, 0.1) is 0 Å². The third-order valence-electron chi connectivity index (χ3n) is 5.31. The van der Waals surface area contributed by atoms with E-state index in [2.05, 4.69) is 0 Å². The number of aliphatic carboxylic acids is 1. The molecule has 0 saturated heterocycles. The predicted octanol–water partition coefficient (Wildman–Crippen LogP) is 5.06. The fraction of sp³-hybridized carbons (Fsp3) is 0.522. The van der Waals surface area contributed by atoms with Gasteiger partial charge in [-0.15, -0.1) is 0 Å². The molecule has 4 nitrogen and oxygen atoms in total. The summed E-state index contributed by atoms with van der Waals surface area (Å²) < 4.78 is 0. The van der Waals surface area contributed by atoms with Crippen LogP contribution in [0.15, 0.2) is 30.4 Å². The van der Waals surface area contributed by atoms with Crippen molar-refractivity contribution in [2.24, 2.45) is 11.8 Å². The number of carboxylic acid groups (broad SMARTS) is 1. The maximum absolute atomic E-state index is 12.5. The molecule has 27 heavy (non-hydrogen) atoms. The van der Waals surface area contributed by atoms with E-state index in [1.165, 1.54) is 0 Å². The smallest absolute Gasteiger partial charge is 0.303 e. The van der Waals surface area contributed by atoms with Crippen LogP contribution in [0.3, 0.4) is 0 Å². The minimum absolute atomic E-state index is 0.00595. The molecule has 0 heterocycles. The summed E-state index contributed by atoms with van der Waals surface area (Å²) in [5.74, 6) is -0.304. The van der Waals surface area contributed by atoms with E-state index in [0.717, 1.165) is 43.2 Å². The van der Waals surface area contributed by atoms with Crippen molar-refractivity contribution in [3.05, 3.63) is 47.0 Å². The Hall–Kier alpha value is -2.23. The van der Waals surface area contributed by atoms with Gasteiger partial charge in [0.25, 0.3) is 0 Å². The third-order valence-corrected chi connectivity index (χ3v) is 5.31. The van der Waals surface area contributed by atoms with Crippen molar-refractivity contribution in [1.29, 1.82) is 0 Å². The lowest BCUT2D eigenvalue weighted by Gasteiger charge is -2.14. The van der Waals surface area contributed by atoms with Gasteiger partial charge in [-0.1, -0.05) is 42.5 Å². The molecule has 0 aliphatic heterocycles. The normalized spacial score (nSPS) is 19.7. The number of carbonyl (C=O) groups excluding carboxylic acids is 2. The topological polar surface area (TPSA) is 71.4 Å². The van der Waals surface area contributed by atoms with Crippen LogP contribution in [0, 0.1) is 25.7 Å². The highest BCUT2D eigenvalue weighted by Crippen LogP contribution is 2.34. The lowest BCUT2D eigenvalue weighted by Crippen LogP contribution is -2.13. The van der Waals surface area contributed by atoms with E-state index in [0.29, 0.717) is 24.2 Å². The molecule has 0 bridgehead atoms. The van der Waals surface area contributed by atoms with Gasteiger partial charge >= 0.3 is 5.97 Å². The van der Waals surface area contributed by atoms with Gasteiger partial charge in [0.15, 0.2) is 5.78 Å². The zero-order chi connectivity index (χ0) is 19.8. The number of carboxylic acids is 1. The van der Waals surface area contributed by atoms with Crippen LogP contribution in [0.25, 0.3) is 0 Å². The van der Waals surface area contributed by atoms with E-state index < -0.39 is 5.97 Å². The number of hydrogen-bond acceptors (Lipinski definition) is 3. The highest BCUT2D eigenvalue weighted by atomic mass is 16.4. The Balaban J connectivity index is 1.86. The molecule has 1 fully saturated rings. The Labute approximate surface area is 161 Å². The standard InChI is InChI=1S/C23H30O4/c1-16-13-17(2)15-19(14-16)21(24)11-9-18-10-12-22(25)20(18)7-5-3-4-6-8-23(26)27/h9,11,13-15,18,20H,3-8,10,12H2,1-2H3,(H,26,27). The highest BCUT2D eigenvalue weighted by Gasteiger charge is 2.32. The van der Waals surface area contributed by atoms with Crippen molar-refractivity contribution in [2.75, 3.05) is 0 Å². The second-order valence-corrected chi connectivity index (χ2v) is 7.72. The molecule has 4 heteroatoms. The summed E-state index contributed by atoms with van der Waals surface area (Å²) in [6, 6.07) is 5.84. The molecule has 2 unspecified atom stereocenters. The van der Waals surface area contributed by atoms with Crippen molar-refractivity contribution in [3.63, 3.8) is 0 Å². The van der Waals surface area contributed by atoms with Crippen molar-refractivity contribution in [1.82, 2.24) is 0 Å². The maximum Gasteiger partial charge on any atom is 0.303 e. The van der Waals surface area contributed by atoms with Gasteiger partial charge in [-0.25, -0.2) is 0 Å². The summed E-state index contributed by atoms with van der Waals surface area (Å²) >= 11 is 0. The molecule has 0 amide bonds. The van der Waals surface area contributed by atoms with Crippen LogP contribution in [-0.2, 0) is 9.59 Å². The first kappa shape index (κ1) is 21.1. The molecular weight excluding hydrogens is 340 g/mol. The number of benzene rings is 1. The van der Waals surface area contributed by atoms with Gasteiger partial charge in [0.1, 0.15) is 5.78 Å². The van der Waals surface area contributed by atoms with Crippen molar-refractivity contribution in [3.8, 4) is 0 Å². The summed E-state index contributed by atoms with van der Waals surface area (Å²) in [5, 5.41) is 8.65. The number of unbranched alkanes of at least 4 members (excludes halogenated alkanes) is 3. The van der Waals surface area contributed by atoms with Gasteiger partial charge in [0, 0.05) is 24.3 Å².